The molecule has 0 radical (unpaired) electrons. The third kappa shape index (κ3) is 22.5. The Hall–Kier alpha value is -1.18. The maximum atomic E-state index is 11.3. The maximum Gasteiger partial charge on any atom is 0.333 e. The molecule has 1 aliphatic rings. The van der Waals surface area contributed by atoms with Crippen molar-refractivity contribution in [1.82, 2.24) is 4.90 Å². The van der Waals surface area contributed by atoms with Crippen LogP contribution in [0.3, 0.4) is 0 Å². The minimum Gasteiger partial charge on any atom is -1.00 e. The van der Waals surface area contributed by atoms with Crippen LogP contribution in [0.5, 0.6) is 0 Å². The van der Waals surface area contributed by atoms with Gasteiger partial charge in [-0.25, -0.2) is 9.59 Å². The Morgan fingerprint density at radius 1 is 0.625 bits per heavy atom. The van der Waals surface area contributed by atoms with E-state index in [1.807, 2.05) is 0 Å². The third-order valence-electron chi connectivity index (χ3n) is 7.69. The van der Waals surface area contributed by atoms with E-state index in [9.17, 15) is 9.59 Å². The van der Waals surface area contributed by atoms with Gasteiger partial charge in [0.05, 0.1) is 32.8 Å². The number of halogens is 1. The van der Waals surface area contributed by atoms with Gasteiger partial charge in [0, 0.05) is 17.7 Å². The van der Waals surface area contributed by atoms with E-state index >= 15 is 0 Å². The van der Waals surface area contributed by atoms with Crippen LogP contribution in [0.4, 0.5) is 0 Å². The molecule has 0 aromatic rings. The predicted octanol–water partition coefficient (Wildman–Crippen LogP) is 3.41. The molecule has 7 heteroatoms. The summed E-state index contributed by atoms with van der Waals surface area (Å²) in [5.41, 5.74) is 0.969. The molecule has 0 bridgehead atoms. The van der Waals surface area contributed by atoms with Gasteiger partial charge in [-0.1, -0.05) is 96.6 Å². The molecular formula is C33H61BrN2O4. The van der Waals surface area contributed by atoms with Gasteiger partial charge in [-0.15, -0.1) is 0 Å². The van der Waals surface area contributed by atoms with E-state index < -0.39 is 0 Å². The third-order valence-corrected chi connectivity index (χ3v) is 7.69. The topological polar surface area (TPSA) is 60.3 Å². The maximum absolute atomic E-state index is 11.3. The number of hydrogen-bond donors (Lipinski definition) is 1. The van der Waals surface area contributed by atoms with Crippen molar-refractivity contribution in [2.24, 2.45) is 0 Å². The SMILES string of the molecule is C=C(C)C(=O)OCCCCCCCCCCCN1CC[NH+](CCCCCCCCCCCOC(=O)C(=C)C)C1.[Br-]. The van der Waals surface area contributed by atoms with E-state index in [0.29, 0.717) is 24.4 Å². The van der Waals surface area contributed by atoms with Crippen molar-refractivity contribution in [3.63, 3.8) is 0 Å². The highest BCUT2D eigenvalue weighted by Crippen LogP contribution is 2.11. The number of ether oxygens (including phenoxy) is 2. The molecule has 40 heavy (non-hydrogen) atoms. The summed E-state index contributed by atoms with van der Waals surface area (Å²) >= 11 is 0. The van der Waals surface area contributed by atoms with Crippen molar-refractivity contribution in [1.29, 1.82) is 0 Å². The lowest BCUT2D eigenvalue weighted by atomic mass is 10.1. The number of rotatable bonds is 26. The molecule has 1 aliphatic heterocycles. The highest BCUT2D eigenvalue weighted by molar-refractivity contribution is 5.87. The Morgan fingerprint density at radius 3 is 1.43 bits per heavy atom. The normalized spacial score (nSPS) is 15.0. The molecule has 0 aromatic heterocycles. The summed E-state index contributed by atoms with van der Waals surface area (Å²) in [5, 5.41) is 0. The van der Waals surface area contributed by atoms with Crippen molar-refractivity contribution in [2.45, 2.75) is 129 Å². The predicted molar refractivity (Wildman–Crippen MR) is 162 cm³/mol. The summed E-state index contributed by atoms with van der Waals surface area (Å²) in [7, 11) is 0. The number of hydrogen-bond acceptors (Lipinski definition) is 5. The zero-order chi connectivity index (χ0) is 28.6. The molecule has 0 saturated carbocycles. The summed E-state index contributed by atoms with van der Waals surface area (Å²) in [5.74, 6) is -0.524. The van der Waals surface area contributed by atoms with Gasteiger partial charge < -0.3 is 31.4 Å². The lowest BCUT2D eigenvalue weighted by Gasteiger charge is -2.15. The number of nitrogens with one attached hydrogen (secondary N) is 1. The van der Waals surface area contributed by atoms with Gasteiger partial charge in [0.15, 0.2) is 0 Å². The molecule has 1 saturated heterocycles. The fourth-order valence-corrected chi connectivity index (χ4v) is 5.15. The van der Waals surface area contributed by atoms with Crippen LogP contribution >= 0.6 is 0 Å². The standard InChI is InChI=1S/C33H60N2O4.BrH/c1-30(2)32(36)38-27-21-17-13-9-5-7-11-15-19-23-34-25-26-35(29-34)24-20-16-12-8-6-10-14-18-22-28-39-33(37)31(3)4;/h1,3,5-29H2,2,4H3;1H. The van der Waals surface area contributed by atoms with Crippen molar-refractivity contribution in [3.05, 3.63) is 24.3 Å². The van der Waals surface area contributed by atoms with Crippen molar-refractivity contribution in [2.75, 3.05) is 46.1 Å². The summed E-state index contributed by atoms with van der Waals surface area (Å²) in [6, 6.07) is 0. The molecule has 1 unspecified atom stereocenters. The molecule has 1 N–H and O–H groups in total. The number of carbonyl (C=O) groups excluding carboxylic acids is 2. The number of unbranched alkanes of at least 4 members (excludes halogenated alkanes) is 16. The lowest BCUT2D eigenvalue weighted by Crippen LogP contribution is -3.10. The first-order valence-electron chi connectivity index (χ1n) is 16.1. The van der Waals surface area contributed by atoms with Crippen LogP contribution in [0.1, 0.15) is 129 Å². The summed E-state index contributed by atoms with van der Waals surface area (Å²) in [6.07, 6.45) is 22.9. The highest BCUT2D eigenvalue weighted by atomic mass is 79.9. The van der Waals surface area contributed by atoms with E-state index in [4.69, 9.17) is 9.47 Å². The summed E-state index contributed by atoms with van der Waals surface area (Å²) < 4.78 is 10.3. The summed E-state index contributed by atoms with van der Waals surface area (Å²) in [4.78, 5) is 27.1. The van der Waals surface area contributed by atoms with Crippen LogP contribution in [0.25, 0.3) is 0 Å². The molecule has 1 atom stereocenters. The van der Waals surface area contributed by atoms with Crippen LogP contribution in [0, 0.1) is 0 Å². The second-order valence-electron chi connectivity index (χ2n) is 11.7. The van der Waals surface area contributed by atoms with E-state index in [0.717, 1.165) is 25.7 Å². The van der Waals surface area contributed by atoms with E-state index in [-0.39, 0.29) is 28.9 Å². The number of quaternary nitrogens is 1. The van der Waals surface area contributed by atoms with E-state index in [1.54, 1.807) is 18.7 Å². The molecule has 6 nitrogen and oxygen atoms in total. The highest BCUT2D eigenvalue weighted by Gasteiger charge is 2.22. The molecule has 1 rings (SSSR count). The van der Waals surface area contributed by atoms with Crippen molar-refractivity contribution < 1.29 is 40.9 Å². The smallest absolute Gasteiger partial charge is 0.333 e. The number of carbonyl (C=O) groups is 2. The Balaban J connectivity index is 0.0000152. The quantitative estimate of drug-likeness (QED) is 0.0904. The van der Waals surface area contributed by atoms with Crippen LogP contribution in [0.2, 0.25) is 0 Å². The zero-order valence-corrected chi connectivity index (χ0v) is 27.6. The second-order valence-corrected chi connectivity index (χ2v) is 11.7. The largest absolute Gasteiger partial charge is 1.00 e. The minimum absolute atomic E-state index is 0. The average molecular weight is 630 g/mol. The molecule has 1 heterocycles. The number of nitrogens with zero attached hydrogens (tertiary/aromatic N) is 1. The first kappa shape index (κ1) is 38.8. The van der Waals surface area contributed by atoms with Crippen LogP contribution in [0.15, 0.2) is 24.3 Å². The van der Waals surface area contributed by atoms with Crippen molar-refractivity contribution in [3.8, 4) is 0 Å². The second kappa shape index (κ2) is 26.7. The van der Waals surface area contributed by atoms with Gasteiger partial charge in [0.25, 0.3) is 0 Å². The minimum atomic E-state index is -0.262. The fourth-order valence-electron chi connectivity index (χ4n) is 5.15. The Kier molecular flexibility index (Phi) is 25.9. The van der Waals surface area contributed by atoms with E-state index in [1.165, 1.54) is 123 Å². The average Bonchev–Trinajstić information content (AvgIpc) is 3.36. The first-order valence-corrected chi connectivity index (χ1v) is 16.1. The summed E-state index contributed by atoms with van der Waals surface area (Å²) in [6.45, 7) is 18.1. The monoisotopic (exact) mass is 628 g/mol. The fraction of sp³-hybridized carbons (Fsp3) is 0.818. The van der Waals surface area contributed by atoms with Gasteiger partial charge in [-0.2, -0.15) is 0 Å². The molecule has 0 amide bonds. The zero-order valence-electron chi connectivity index (χ0n) is 26.1. The van der Waals surface area contributed by atoms with Gasteiger partial charge in [0.2, 0.25) is 0 Å². The van der Waals surface area contributed by atoms with Crippen LogP contribution < -0.4 is 21.9 Å². The first-order chi connectivity index (χ1) is 18.9. The molecule has 0 spiro atoms. The lowest BCUT2D eigenvalue weighted by molar-refractivity contribution is -0.892. The van der Waals surface area contributed by atoms with E-state index in [2.05, 4.69) is 18.1 Å². The molecule has 0 aromatic carbocycles. The van der Waals surface area contributed by atoms with Crippen molar-refractivity contribution >= 4 is 11.9 Å². The van der Waals surface area contributed by atoms with Gasteiger partial charge in [-0.05, 0) is 46.0 Å². The molecule has 1 fully saturated rings. The molecule has 0 aliphatic carbocycles. The number of esters is 2. The molecule has 234 valence electrons. The molecular weight excluding hydrogens is 568 g/mol. The van der Waals surface area contributed by atoms with Gasteiger partial charge in [-0.3, -0.25) is 4.90 Å². The van der Waals surface area contributed by atoms with Crippen LogP contribution in [-0.4, -0.2) is 62.9 Å². The Labute approximate surface area is 257 Å². The van der Waals surface area contributed by atoms with Gasteiger partial charge in [0.1, 0.15) is 6.67 Å². The Morgan fingerprint density at radius 2 is 1.00 bits per heavy atom. The van der Waals surface area contributed by atoms with Crippen LogP contribution in [-0.2, 0) is 19.1 Å². The van der Waals surface area contributed by atoms with Gasteiger partial charge >= 0.3 is 11.9 Å². The Bertz CT molecular complexity index is 629.